The van der Waals surface area contributed by atoms with Gasteiger partial charge in [-0.15, -0.1) is 0 Å². The molecule has 3 aromatic carbocycles. The van der Waals surface area contributed by atoms with Crippen LogP contribution in [0.3, 0.4) is 0 Å². The lowest BCUT2D eigenvalue weighted by Gasteiger charge is -2.29. The Morgan fingerprint density at radius 2 is 1.00 bits per heavy atom. The third-order valence-corrected chi connectivity index (χ3v) is 11.0. The summed E-state index contributed by atoms with van der Waals surface area (Å²) in [6.07, 6.45) is 2.00. The molecule has 2 aliphatic rings. The average Bonchev–Trinajstić information content (AvgIpc) is 4.03. The molecule has 7 rings (SSSR count). The van der Waals surface area contributed by atoms with Crippen LogP contribution in [0.1, 0.15) is 77.1 Å². The van der Waals surface area contributed by atoms with E-state index in [0.717, 1.165) is 81.7 Å². The number of carbonyl (C=O) groups is 4. The summed E-state index contributed by atoms with van der Waals surface area (Å²) in [6.45, 7) is 8.80. The van der Waals surface area contributed by atoms with Gasteiger partial charge in [0.2, 0.25) is 11.8 Å². The summed E-state index contributed by atoms with van der Waals surface area (Å²) >= 11 is 0. The van der Waals surface area contributed by atoms with Gasteiger partial charge in [-0.3, -0.25) is 9.59 Å². The van der Waals surface area contributed by atoms with Crippen molar-refractivity contribution in [3.05, 3.63) is 72.3 Å². The third kappa shape index (κ3) is 7.64. The van der Waals surface area contributed by atoms with Crippen molar-refractivity contribution in [1.29, 1.82) is 0 Å². The first kappa shape index (κ1) is 38.4. The Kier molecular flexibility index (Phi) is 11.0. The molecular weight excluding hydrogens is 713 g/mol. The lowest BCUT2D eigenvalue weighted by Crippen LogP contribution is -2.51. The number of ether oxygens (including phenoxy) is 2. The first-order valence-electron chi connectivity index (χ1n) is 19.4. The molecule has 2 aromatic heterocycles. The van der Waals surface area contributed by atoms with Crippen molar-refractivity contribution in [2.24, 2.45) is 11.8 Å². The molecule has 4 atom stereocenters. The zero-order valence-corrected chi connectivity index (χ0v) is 32.7. The van der Waals surface area contributed by atoms with Gasteiger partial charge in [-0.25, -0.2) is 19.6 Å². The van der Waals surface area contributed by atoms with E-state index in [1.807, 2.05) is 49.6 Å². The van der Waals surface area contributed by atoms with Crippen LogP contribution in [-0.4, -0.2) is 93.1 Å². The van der Waals surface area contributed by atoms with Crippen LogP contribution in [0.4, 0.5) is 9.59 Å². The van der Waals surface area contributed by atoms with E-state index in [0.29, 0.717) is 13.1 Å². The van der Waals surface area contributed by atoms with Gasteiger partial charge in [-0.2, -0.15) is 0 Å². The van der Waals surface area contributed by atoms with Gasteiger partial charge in [-0.1, -0.05) is 64.1 Å². The summed E-state index contributed by atoms with van der Waals surface area (Å²) in [4.78, 5) is 71.6. The zero-order chi connectivity index (χ0) is 39.7. The van der Waals surface area contributed by atoms with Gasteiger partial charge in [0.15, 0.2) is 0 Å². The van der Waals surface area contributed by atoms with E-state index in [1.54, 1.807) is 0 Å². The molecule has 0 saturated carbocycles. The monoisotopic (exact) mass is 762 g/mol. The van der Waals surface area contributed by atoms with Crippen LogP contribution in [-0.2, 0) is 19.1 Å². The van der Waals surface area contributed by atoms with Crippen LogP contribution >= 0.6 is 0 Å². The van der Waals surface area contributed by atoms with E-state index in [9.17, 15) is 19.2 Å². The van der Waals surface area contributed by atoms with Gasteiger partial charge in [0.25, 0.3) is 0 Å². The fourth-order valence-corrected chi connectivity index (χ4v) is 7.97. The number of rotatable bonds is 10. The fraction of sp³-hybridized carbons (Fsp3) is 0.429. The van der Waals surface area contributed by atoms with E-state index in [-0.39, 0.29) is 35.7 Å². The van der Waals surface area contributed by atoms with Crippen LogP contribution in [0.15, 0.2) is 60.7 Å². The Balaban J connectivity index is 1.06. The molecule has 4 heterocycles. The predicted molar refractivity (Wildman–Crippen MR) is 212 cm³/mol. The number of imidazole rings is 2. The SMILES string of the molecule is COC(=O)NC(C(=O)N1CCCC1c1nc2cc(-c3ccc(-c4ccc5[nH]c([C@@H]6CCCN6C(=O)C(NC(=O)OC)C(C)C)nc5c4)cc3)ccc2[nH]1)C(C)C. The van der Waals surface area contributed by atoms with Crippen molar-refractivity contribution < 1.29 is 28.7 Å². The second-order valence-corrected chi connectivity index (χ2v) is 15.4. The molecule has 4 amide bonds. The van der Waals surface area contributed by atoms with Crippen molar-refractivity contribution in [2.75, 3.05) is 27.3 Å². The highest BCUT2D eigenvalue weighted by molar-refractivity contribution is 5.88. The van der Waals surface area contributed by atoms with E-state index < -0.39 is 24.3 Å². The van der Waals surface area contributed by atoms with Crippen molar-refractivity contribution in [1.82, 2.24) is 40.4 Å². The standard InChI is InChI=1S/C42H50N8O6/c1-23(2)35(47-41(53)55-5)39(51)49-19-7-9-33(49)37-43-29-17-15-27(21-31(29)45-37)25-11-13-26(14-12-25)28-16-18-30-32(22-28)46-38(44-30)34-10-8-20-50(34)40(52)36(24(3)4)48-42(54)56-6/h11-18,21-24,33-36H,7-10,19-20H2,1-6H3,(H,43,45)(H,44,46)(H,47,53)(H,48,54)/t33-,34?,35?,36?/m0/s1. The zero-order valence-electron chi connectivity index (χ0n) is 32.7. The average molecular weight is 763 g/mol. The second-order valence-electron chi connectivity index (χ2n) is 15.4. The summed E-state index contributed by atoms with van der Waals surface area (Å²) < 4.78 is 9.54. The maximum atomic E-state index is 13.6. The molecule has 2 saturated heterocycles. The molecule has 5 aromatic rings. The molecule has 294 valence electrons. The van der Waals surface area contributed by atoms with E-state index in [1.165, 1.54) is 14.2 Å². The Morgan fingerprint density at radius 3 is 1.36 bits per heavy atom. The number of aromatic amines is 2. The van der Waals surface area contributed by atoms with Crippen LogP contribution in [0.5, 0.6) is 0 Å². The topological polar surface area (TPSA) is 175 Å². The first-order chi connectivity index (χ1) is 26.9. The summed E-state index contributed by atoms with van der Waals surface area (Å²) in [6, 6.07) is 18.9. The van der Waals surface area contributed by atoms with Gasteiger partial charge in [-0.05, 0) is 84.0 Å². The molecule has 0 aliphatic carbocycles. The second kappa shape index (κ2) is 16.0. The summed E-state index contributed by atoms with van der Waals surface area (Å²) in [5, 5.41) is 5.41. The highest BCUT2D eigenvalue weighted by atomic mass is 16.5. The van der Waals surface area contributed by atoms with Crippen LogP contribution in [0.2, 0.25) is 0 Å². The predicted octanol–water partition coefficient (Wildman–Crippen LogP) is 6.86. The number of aromatic nitrogens is 4. The number of nitrogens with one attached hydrogen (secondary N) is 4. The number of alkyl carbamates (subject to hydrolysis) is 2. The van der Waals surface area contributed by atoms with Crippen LogP contribution in [0, 0.1) is 11.8 Å². The largest absolute Gasteiger partial charge is 0.453 e. The Bertz CT molecular complexity index is 2090. The minimum absolute atomic E-state index is 0.108. The first-order valence-corrected chi connectivity index (χ1v) is 19.4. The summed E-state index contributed by atoms with van der Waals surface area (Å²) in [7, 11) is 2.58. The fourth-order valence-electron chi connectivity index (χ4n) is 7.97. The Labute approximate surface area is 325 Å². The van der Waals surface area contributed by atoms with Crippen LogP contribution < -0.4 is 10.6 Å². The lowest BCUT2D eigenvalue weighted by atomic mass is 10.00. The molecule has 0 radical (unpaired) electrons. The minimum Gasteiger partial charge on any atom is -0.453 e. The highest BCUT2D eigenvalue weighted by Gasteiger charge is 2.39. The normalized spacial score (nSPS) is 18.1. The quantitative estimate of drug-likeness (QED) is 0.119. The van der Waals surface area contributed by atoms with Crippen molar-refractivity contribution >= 4 is 46.1 Å². The molecule has 2 aliphatic heterocycles. The van der Waals surface area contributed by atoms with E-state index in [2.05, 4.69) is 69.1 Å². The van der Waals surface area contributed by atoms with Crippen molar-refractivity contribution in [3.8, 4) is 22.3 Å². The number of methoxy groups -OCH3 is 2. The van der Waals surface area contributed by atoms with E-state index in [4.69, 9.17) is 19.4 Å². The molecule has 2 fully saturated rings. The van der Waals surface area contributed by atoms with Gasteiger partial charge in [0, 0.05) is 13.1 Å². The number of hydrogen-bond acceptors (Lipinski definition) is 8. The number of likely N-dealkylation sites (tertiary alicyclic amines) is 2. The van der Waals surface area contributed by atoms with Crippen molar-refractivity contribution in [2.45, 2.75) is 77.5 Å². The van der Waals surface area contributed by atoms with Gasteiger partial charge in [0.1, 0.15) is 23.7 Å². The van der Waals surface area contributed by atoms with Crippen molar-refractivity contribution in [3.63, 3.8) is 0 Å². The number of H-pyrrole nitrogens is 2. The molecule has 14 nitrogen and oxygen atoms in total. The number of fused-ring (bicyclic) bond motifs is 2. The number of amides is 4. The maximum absolute atomic E-state index is 13.6. The molecule has 0 bridgehead atoms. The number of carbonyl (C=O) groups excluding carboxylic acids is 4. The van der Waals surface area contributed by atoms with Gasteiger partial charge < -0.3 is 39.9 Å². The molecule has 3 unspecified atom stereocenters. The molecular formula is C42H50N8O6. The number of benzene rings is 3. The molecule has 14 heteroatoms. The van der Waals surface area contributed by atoms with Crippen LogP contribution in [0.25, 0.3) is 44.3 Å². The minimum atomic E-state index is -0.692. The number of nitrogens with zero attached hydrogens (tertiary/aromatic N) is 4. The maximum Gasteiger partial charge on any atom is 0.407 e. The number of hydrogen-bond donors (Lipinski definition) is 4. The molecule has 0 spiro atoms. The lowest BCUT2D eigenvalue weighted by molar-refractivity contribution is -0.136. The Morgan fingerprint density at radius 1 is 0.625 bits per heavy atom. The summed E-state index contributed by atoms with van der Waals surface area (Å²) in [5.41, 5.74) is 7.54. The molecule has 4 N–H and O–H groups in total. The molecule has 56 heavy (non-hydrogen) atoms. The van der Waals surface area contributed by atoms with Gasteiger partial charge in [0.05, 0.1) is 48.4 Å². The van der Waals surface area contributed by atoms with E-state index >= 15 is 0 Å². The summed E-state index contributed by atoms with van der Waals surface area (Å²) in [5.74, 6) is 0.974. The smallest absolute Gasteiger partial charge is 0.407 e. The Hall–Kier alpha value is -5.92. The van der Waals surface area contributed by atoms with Gasteiger partial charge >= 0.3 is 12.2 Å². The highest BCUT2D eigenvalue weighted by Crippen LogP contribution is 2.36. The third-order valence-electron chi connectivity index (χ3n) is 11.0.